The highest BCUT2D eigenvalue weighted by Crippen LogP contribution is 2.37. The minimum atomic E-state index is 0.771. The van der Waals surface area contributed by atoms with Gasteiger partial charge in [-0.1, -0.05) is 32.0 Å². The van der Waals surface area contributed by atoms with Crippen LogP contribution in [0.5, 0.6) is 0 Å². The molecule has 1 fully saturated rings. The van der Waals surface area contributed by atoms with Gasteiger partial charge in [0, 0.05) is 4.90 Å². The molecule has 1 aliphatic carbocycles. The van der Waals surface area contributed by atoms with E-state index in [1.54, 1.807) is 0 Å². The van der Waals surface area contributed by atoms with E-state index in [1.165, 1.54) is 43.0 Å². The number of benzene rings is 1. The van der Waals surface area contributed by atoms with Crippen molar-refractivity contribution in [3.05, 3.63) is 30.3 Å². The molecule has 2 atom stereocenters. The van der Waals surface area contributed by atoms with Crippen LogP contribution in [0.4, 0.5) is 0 Å². The molecule has 0 aliphatic heterocycles. The monoisotopic (exact) mass is 277 g/mol. The van der Waals surface area contributed by atoms with E-state index in [2.05, 4.69) is 49.5 Å². The predicted octanol–water partition coefficient (Wildman–Crippen LogP) is 4.44. The van der Waals surface area contributed by atoms with E-state index in [4.69, 9.17) is 0 Å². The third kappa shape index (κ3) is 5.19. The van der Waals surface area contributed by atoms with Gasteiger partial charge in [0.25, 0.3) is 0 Å². The second-order valence-electron chi connectivity index (χ2n) is 6.10. The van der Waals surface area contributed by atoms with Gasteiger partial charge in [-0.05, 0) is 68.0 Å². The summed E-state index contributed by atoms with van der Waals surface area (Å²) in [5.74, 6) is 3.95. The molecule has 1 aliphatic rings. The fourth-order valence-electron chi connectivity index (χ4n) is 2.69. The summed E-state index contributed by atoms with van der Waals surface area (Å²) in [6.07, 6.45) is 4.27. The quantitative estimate of drug-likeness (QED) is 0.705. The zero-order chi connectivity index (χ0) is 13.5. The maximum Gasteiger partial charge on any atom is 0.00719 e. The molecule has 0 spiro atoms. The number of hydrogen-bond donors (Lipinski definition) is 1. The van der Waals surface area contributed by atoms with Gasteiger partial charge >= 0.3 is 0 Å². The molecule has 0 heterocycles. The minimum Gasteiger partial charge on any atom is -0.316 e. The molecule has 1 N–H and O–H groups in total. The lowest BCUT2D eigenvalue weighted by atomic mass is 9.72. The van der Waals surface area contributed by atoms with Crippen molar-refractivity contribution >= 4 is 11.8 Å². The Kier molecular flexibility index (Phi) is 6.25. The molecular weight excluding hydrogens is 250 g/mol. The van der Waals surface area contributed by atoms with E-state index in [0.29, 0.717) is 0 Å². The summed E-state index contributed by atoms with van der Waals surface area (Å²) in [5.41, 5.74) is 0. The van der Waals surface area contributed by atoms with Gasteiger partial charge in [-0.2, -0.15) is 0 Å². The molecule has 2 unspecified atom stereocenters. The van der Waals surface area contributed by atoms with Crippen LogP contribution < -0.4 is 5.32 Å². The number of rotatable bonds is 8. The number of hydrogen-bond acceptors (Lipinski definition) is 2. The van der Waals surface area contributed by atoms with Gasteiger partial charge in [-0.3, -0.25) is 0 Å². The molecular formula is C17H27NS. The van der Waals surface area contributed by atoms with Crippen molar-refractivity contribution in [1.29, 1.82) is 0 Å². The van der Waals surface area contributed by atoms with Gasteiger partial charge in [0.15, 0.2) is 0 Å². The SMILES string of the molecule is CC(C)CNCC1CCC1CCSc1ccccc1. The summed E-state index contributed by atoms with van der Waals surface area (Å²) < 4.78 is 0. The smallest absolute Gasteiger partial charge is 0.00719 e. The van der Waals surface area contributed by atoms with Gasteiger partial charge in [0.2, 0.25) is 0 Å². The van der Waals surface area contributed by atoms with Gasteiger partial charge < -0.3 is 5.32 Å². The standard InChI is InChI=1S/C17H27NS/c1-14(2)12-18-13-16-9-8-15(16)10-11-19-17-6-4-3-5-7-17/h3-7,14-16,18H,8-13H2,1-2H3. The highest BCUT2D eigenvalue weighted by Gasteiger charge is 2.29. The Morgan fingerprint density at radius 3 is 2.53 bits per heavy atom. The molecule has 0 saturated heterocycles. The maximum atomic E-state index is 3.62. The Hall–Kier alpha value is -0.470. The normalized spacial score (nSPS) is 22.5. The Bertz CT molecular complexity index is 350. The van der Waals surface area contributed by atoms with E-state index < -0.39 is 0 Å². The van der Waals surface area contributed by atoms with E-state index in [0.717, 1.165) is 17.8 Å². The average molecular weight is 277 g/mol. The van der Waals surface area contributed by atoms with Crippen LogP contribution in [0.3, 0.4) is 0 Å². The maximum absolute atomic E-state index is 3.62. The van der Waals surface area contributed by atoms with Crippen LogP contribution in [0.15, 0.2) is 35.2 Å². The average Bonchev–Trinajstić information content (AvgIpc) is 2.39. The van der Waals surface area contributed by atoms with Crippen molar-refractivity contribution in [1.82, 2.24) is 5.32 Å². The Morgan fingerprint density at radius 2 is 1.89 bits per heavy atom. The van der Waals surface area contributed by atoms with Crippen molar-refractivity contribution in [3.63, 3.8) is 0 Å². The first-order valence-corrected chi connectivity index (χ1v) is 8.63. The largest absolute Gasteiger partial charge is 0.316 e. The van der Waals surface area contributed by atoms with Crippen LogP contribution in [0.2, 0.25) is 0 Å². The molecule has 0 radical (unpaired) electrons. The minimum absolute atomic E-state index is 0.771. The Morgan fingerprint density at radius 1 is 1.16 bits per heavy atom. The second kappa shape index (κ2) is 7.96. The topological polar surface area (TPSA) is 12.0 Å². The van der Waals surface area contributed by atoms with Crippen LogP contribution >= 0.6 is 11.8 Å². The van der Waals surface area contributed by atoms with E-state index in [9.17, 15) is 0 Å². The summed E-state index contributed by atoms with van der Waals surface area (Å²) in [5, 5.41) is 3.62. The lowest BCUT2D eigenvalue weighted by Gasteiger charge is -2.37. The summed E-state index contributed by atoms with van der Waals surface area (Å²) in [6.45, 7) is 6.96. The molecule has 0 amide bonds. The molecule has 106 valence electrons. The first-order chi connectivity index (χ1) is 9.25. The van der Waals surface area contributed by atoms with Crippen LogP contribution in [0.25, 0.3) is 0 Å². The van der Waals surface area contributed by atoms with Gasteiger partial charge in [0.05, 0.1) is 0 Å². The van der Waals surface area contributed by atoms with E-state index in [-0.39, 0.29) is 0 Å². The molecule has 2 rings (SSSR count). The third-order valence-corrected chi connectivity index (χ3v) is 5.08. The highest BCUT2D eigenvalue weighted by atomic mass is 32.2. The van der Waals surface area contributed by atoms with Crippen LogP contribution in [0, 0.1) is 17.8 Å². The first-order valence-electron chi connectivity index (χ1n) is 7.64. The Balaban J connectivity index is 1.58. The lowest BCUT2D eigenvalue weighted by Crippen LogP contribution is -2.36. The highest BCUT2D eigenvalue weighted by molar-refractivity contribution is 7.99. The molecule has 1 aromatic rings. The molecule has 2 heteroatoms. The number of nitrogens with one attached hydrogen (secondary N) is 1. The summed E-state index contributed by atoms with van der Waals surface area (Å²) in [6, 6.07) is 10.8. The van der Waals surface area contributed by atoms with Gasteiger partial charge in [-0.25, -0.2) is 0 Å². The van der Waals surface area contributed by atoms with Gasteiger partial charge in [0.1, 0.15) is 0 Å². The molecule has 1 saturated carbocycles. The van der Waals surface area contributed by atoms with Crippen molar-refractivity contribution in [2.75, 3.05) is 18.8 Å². The van der Waals surface area contributed by atoms with Crippen molar-refractivity contribution in [2.45, 2.75) is 38.0 Å². The molecule has 1 nitrogen and oxygen atoms in total. The molecule has 0 aromatic heterocycles. The summed E-state index contributed by atoms with van der Waals surface area (Å²) >= 11 is 2.01. The Labute approximate surface area is 122 Å². The van der Waals surface area contributed by atoms with Crippen molar-refractivity contribution in [3.8, 4) is 0 Å². The predicted molar refractivity (Wildman–Crippen MR) is 85.7 cm³/mol. The fraction of sp³-hybridized carbons (Fsp3) is 0.647. The summed E-state index contributed by atoms with van der Waals surface area (Å²) in [4.78, 5) is 1.41. The van der Waals surface area contributed by atoms with Crippen LogP contribution in [-0.2, 0) is 0 Å². The summed E-state index contributed by atoms with van der Waals surface area (Å²) in [7, 11) is 0. The second-order valence-corrected chi connectivity index (χ2v) is 7.27. The zero-order valence-electron chi connectivity index (χ0n) is 12.3. The first kappa shape index (κ1) is 14.9. The van der Waals surface area contributed by atoms with Crippen LogP contribution in [0.1, 0.15) is 33.1 Å². The molecule has 19 heavy (non-hydrogen) atoms. The van der Waals surface area contributed by atoms with E-state index >= 15 is 0 Å². The zero-order valence-corrected chi connectivity index (χ0v) is 13.1. The van der Waals surface area contributed by atoms with Crippen molar-refractivity contribution < 1.29 is 0 Å². The van der Waals surface area contributed by atoms with E-state index in [1.807, 2.05) is 11.8 Å². The lowest BCUT2D eigenvalue weighted by molar-refractivity contribution is 0.166. The van der Waals surface area contributed by atoms with Crippen molar-refractivity contribution in [2.24, 2.45) is 17.8 Å². The van der Waals surface area contributed by atoms with Gasteiger partial charge in [-0.15, -0.1) is 11.8 Å². The number of thioether (sulfide) groups is 1. The fourth-order valence-corrected chi connectivity index (χ4v) is 3.70. The van der Waals surface area contributed by atoms with Crippen LogP contribution in [-0.4, -0.2) is 18.8 Å². The molecule has 0 bridgehead atoms. The molecule has 1 aromatic carbocycles. The third-order valence-electron chi connectivity index (χ3n) is 4.03.